The number of anilines is 1. The summed E-state index contributed by atoms with van der Waals surface area (Å²) in [6, 6.07) is 14.1. The minimum absolute atomic E-state index is 0.0368. The maximum atomic E-state index is 12.9. The number of sulfonamides is 1. The lowest BCUT2D eigenvalue weighted by Crippen LogP contribution is -2.14. The Morgan fingerprint density at radius 2 is 1.74 bits per heavy atom. The summed E-state index contributed by atoms with van der Waals surface area (Å²) in [5.74, 6) is -0.542. The molecule has 0 amide bonds. The number of nitrogens with zero attached hydrogens (tertiary/aromatic N) is 3. The van der Waals surface area contributed by atoms with Crippen LogP contribution in [-0.2, 0) is 16.6 Å². The number of hydrogen-bond donors (Lipinski definition) is 1. The summed E-state index contributed by atoms with van der Waals surface area (Å²) in [4.78, 5) is 3.87. The molecule has 0 aliphatic rings. The van der Waals surface area contributed by atoms with Gasteiger partial charge in [0.05, 0.1) is 11.4 Å². The molecule has 23 heavy (non-hydrogen) atoms. The third-order valence-electron chi connectivity index (χ3n) is 3.07. The lowest BCUT2D eigenvalue weighted by atomic mass is 10.2. The molecule has 0 spiro atoms. The zero-order valence-electron chi connectivity index (χ0n) is 11.9. The number of hydrogen-bond acceptors (Lipinski definition) is 4. The highest BCUT2D eigenvalue weighted by Crippen LogP contribution is 2.13. The fraction of sp³-hybridized carbons (Fsp3) is 0.0667. The van der Waals surface area contributed by atoms with E-state index >= 15 is 0 Å². The van der Waals surface area contributed by atoms with Crippen LogP contribution in [0.5, 0.6) is 0 Å². The Kier molecular flexibility index (Phi) is 4.07. The lowest BCUT2D eigenvalue weighted by Gasteiger charge is -2.04. The quantitative estimate of drug-likeness (QED) is 0.777. The number of rotatable bonds is 5. The van der Waals surface area contributed by atoms with E-state index in [1.165, 1.54) is 23.1 Å². The molecule has 0 aliphatic carbocycles. The smallest absolute Gasteiger partial charge is 0.246 e. The zero-order valence-corrected chi connectivity index (χ0v) is 12.7. The topological polar surface area (TPSA) is 76.9 Å². The number of halogens is 1. The molecule has 0 bridgehead atoms. The molecule has 1 aromatic heterocycles. The van der Waals surface area contributed by atoms with Crippen molar-refractivity contribution >= 4 is 16.0 Å². The maximum Gasteiger partial charge on any atom is 0.264 e. The molecule has 0 radical (unpaired) electrons. The van der Waals surface area contributed by atoms with Crippen molar-refractivity contribution in [2.45, 2.75) is 11.4 Å². The first-order valence-corrected chi connectivity index (χ1v) is 8.23. The van der Waals surface area contributed by atoms with Crippen molar-refractivity contribution in [3.8, 4) is 0 Å². The Bertz CT molecular complexity index is 893. The Hall–Kier alpha value is -2.74. The Labute approximate surface area is 132 Å². The van der Waals surface area contributed by atoms with E-state index in [9.17, 15) is 12.8 Å². The third-order valence-corrected chi connectivity index (χ3v) is 4.42. The molecule has 0 saturated heterocycles. The fourth-order valence-corrected chi connectivity index (χ4v) is 2.93. The van der Waals surface area contributed by atoms with Gasteiger partial charge in [0.25, 0.3) is 16.0 Å². The van der Waals surface area contributed by atoms with E-state index in [2.05, 4.69) is 14.8 Å². The van der Waals surface area contributed by atoms with Gasteiger partial charge in [-0.3, -0.25) is 0 Å². The van der Waals surface area contributed by atoms with Crippen LogP contribution in [0.25, 0.3) is 0 Å². The van der Waals surface area contributed by atoms with Crippen LogP contribution in [0.4, 0.5) is 10.3 Å². The molecule has 0 fully saturated rings. The molecule has 0 unspecified atom stereocenters. The first-order valence-electron chi connectivity index (χ1n) is 6.75. The maximum absolute atomic E-state index is 12.9. The fourth-order valence-electron chi connectivity index (χ4n) is 1.98. The van der Waals surface area contributed by atoms with Crippen molar-refractivity contribution in [3.05, 3.63) is 72.3 Å². The van der Waals surface area contributed by atoms with Crippen LogP contribution in [-0.4, -0.2) is 23.2 Å². The van der Waals surface area contributed by atoms with E-state index in [-0.39, 0.29) is 10.8 Å². The summed E-state index contributed by atoms with van der Waals surface area (Å²) in [7, 11) is -3.84. The van der Waals surface area contributed by atoms with Crippen LogP contribution >= 0.6 is 0 Å². The van der Waals surface area contributed by atoms with Gasteiger partial charge in [-0.25, -0.2) is 22.2 Å². The molecule has 1 heterocycles. The van der Waals surface area contributed by atoms with Crippen LogP contribution in [0.3, 0.4) is 0 Å². The van der Waals surface area contributed by atoms with Crippen molar-refractivity contribution < 1.29 is 12.8 Å². The molecule has 118 valence electrons. The average molecular weight is 332 g/mol. The average Bonchev–Trinajstić information content (AvgIpc) is 2.95. The number of nitrogens with one attached hydrogen (secondary N) is 1. The molecular formula is C15H13FN4O2S. The van der Waals surface area contributed by atoms with E-state index in [0.717, 1.165) is 17.7 Å². The second-order valence-corrected chi connectivity index (χ2v) is 6.49. The van der Waals surface area contributed by atoms with E-state index in [1.807, 2.05) is 30.3 Å². The Balaban J connectivity index is 1.74. The molecule has 1 N–H and O–H groups in total. The highest BCUT2D eigenvalue weighted by Gasteiger charge is 2.16. The molecule has 8 heteroatoms. The van der Waals surface area contributed by atoms with Gasteiger partial charge in [-0.2, -0.15) is 4.98 Å². The molecule has 3 aromatic rings. The Morgan fingerprint density at radius 3 is 2.43 bits per heavy atom. The summed E-state index contributed by atoms with van der Waals surface area (Å²) in [5.41, 5.74) is 1.02. The van der Waals surface area contributed by atoms with Crippen LogP contribution in [0.1, 0.15) is 5.56 Å². The van der Waals surface area contributed by atoms with Gasteiger partial charge in [-0.15, -0.1) is 5.10 Å². The third kappa shape index (κ3) is 3.72. The molecule has 0 aliphatic heterocycles. The van der Waals surface area contributed by atoms with E-state index in [0.29, 0.717) is 6.54 Å². The van der Waals surface area contributed by atoms with Crippen LogP contribution in [0.2, 0.25) is 0 Å². The largest absolute Gasteiger partial charge is 0.264 e. The van der Waals surface area contributed by atoms with Crippen molar-refractivity contribution in [1.82, 2.24) is 14.8 Å². The predicted molar refractivity (Wildman–Crippen MR) is 82.8 cm³/mol. The predicted octanol–water partition coefficient (Wildman–Crippen LogP) is 2.27. The van der Waals surface area contributed by atoms with Crippen LogP contribution in [0, 0.1) is 5.82 Å². The van der Waals surface area contributed by atoms with Gasteiger partial charge >= 0.3 is 0 Å². The number of aromatic nitrogens is 3. The van der Waals surface area contributed by atoms with Crippen molar-refractivity contribution in [1.29, 1.82) is 0 Å². The molecule has 3 rings (SSSR count). The molecule has 0 atom stereocenters. The SMILES string of the molecule is O=S(=O)(Nc1ncn(Cc2ccccc2)n1)c1ccc(F)cc1. The van der Waals surface area contributed by atoms with Gasteiger partial charge in [-0.05, 0) is 29.8 Å². The van der Waals surface area contributed by atoms with Crippen LogP contribution in [0.15, 0.2) is 65.8 Å². The van der Waals surface area contributed by atoms with Gasteiger partial charge in [0.1, 0.15) is 12.1 Å². The second kappa shape index (κ2) is 6.17. The highest BCUT2D eigenvalue weighted by molar-refractivity contribution is 7.92. The summed E-state index contributed by atoms with van der Waals surface area (Å²) in [6.45, 7) is 0.478. The number of benzene rings is 2. The molecular weight excluding hydrogens is 319 g/mol. The van der Waals surface area contributed by atoms with Gasteiger partial charge < -0.3 is 0 Å². The van der Waals surface area contributed by atoms with Gasteiger partial charge in [0.15, 0.2) is 0 Å². The first-order chi connectivity index (χ1) is 11.0. The van der Waals surface area contributed by atoms with Crippen molar-refractivity contribution in [3.63, 3.8) is 0 Å². The van der Waals surface area contributed by atoms with Crippen LogP contribution < -0.4 is 4.72 Å². The monoisotopic (exact) mass is 332 g/mol. The van der Waals surface area contributed by atoms with Crippen molar-refractivity contribution in [2.75, 3.05) is 4.72 Å². The van der Waals surface area contributed by atoms with E-state index < -0.39 is 15.8 Å². The summed E-state index contributed by atoms with van der Waals surface area (Å²) in [6.07, 6.45) is 1.44. The van der Waals surface area contributed by atoms with E-state index in [1.54, 1.807) is 0 Å². The zero-order chi connectivity index (χ0) is 16.3. The highest BCUT2D eigenvalue weighted by atomic mass is 32.2. The minimum Gasteiger partial charge on any atom is -0.246 e. The summed E-state index contributed by atoms with van der Waals surface area (Å²) in [5, 5.41) is 4.07. The summed E-state index contributed by atoms with van der Waals surface area (Å²) < 4.78 is 41.0. The molecule has 0 saturated carbocycles. The first kappa shape index (κ1) is 15.2. The Morgan fingerprint density at radius 1 is 1.04 bits per heavy atom. The molecule has 6 nitrogen and oxygen atoms in total. The van der Waals surface area contributed by atoms with Gasteiger partial charge in [0.2, 0.25) is 0 Å². The normalized spacial score (nSPS) is 11.3. The standard InChI is InChI=1S/C15H13FN4O2S/c16-13-6-8-14(9-7-13)23(21,22)19-15-17-11-20(18-15)10-12-4-2-1-3-5-12/h1-9,11H,10H2,(H,18,19). The summed E-state index contributed by atoms with van der Waals surface area (Å²) >= 11 is 0. The van der Waals surface area contributed by atoms with Gasteiger partial charge in [0, 0.05) is 0 Å². The molecule has 2 aromatic carbocycles. The second-order valence-electron chi connectivity index (χ2n) is 4.81. The van der Waals surface area contributed by atoms with Crippen molar-refractivity contribution in [2.24, 2.45) is 0 Å². The van der Waals surface area contributed by atoms with Gasteiger partial charge in [-0.1, -0.05) is 30.3 Å². The lowest BCUT2D eigenvalue weighted by molar-refractivity contribution is 0.599. The van der Waals surface area contributed by atoms with E-state index in [4.69, 9.17) is 0 Å². The minimum atomic E-state index is -3.84.